The van der Waals surface area contributed by atoms with Gasteiger partial charge in [-0.05, 0) is 39.7 Å². The van der Waals surface area contributed by atoms with E-state index in [1.54, 1.807) is 6.26 Å². The van der Waals surface area contributed by atoms with Crippen molar-refractivity contribution in [1.29, 1.82) is 0 Å². The van der Waals surface area contributed by atoms with Gasteiger partial charge in [0.2, 0.25) is 0 Å². The van der Waals surface area contributed by atoms with Gasteiger partial charge < -0.3 is 4.42 Å². The van der Waals surface area contributed by atoms with E-state index in [4.69, 9.17) is 4.42 Å². The Morgan fingerprint density at radius 1 is 1.58 bits per heavy atom. The molecular weight excluding hydrogens is 258 g/mol. The van der Waals surface area contributed by atoms with Gasteiger partial charge in [0.25, 0.3) is 0 Å². The van der Waals surface area contributed by atoms with Crippen molar-refractivity contribution in [2.45, 2.75) is 44.8 Å². The van der Waals surface area contributed by atoms with Gasteiger partial charge in [0.1, 0.15) is 16.7 Å². The Labute approximate surface area is 117 Å². The second-order valence-electron chi connectivity index (χ2n) is 5.86. The SMILES string of the molecule is C=CC[C@@H]1CCc2occc2/C1=N/S(=O)C(C)(C)C. The van der Waals surface area contributed by atoms with Gasteiger partial charge in [-0.2, -0.15) is 4.40 Å². The summed E-state index contributed by atoms with van der Waals surface area (Å²) in [6.07, 6.45) is 6.36. The molecule has 2 atom stereocenters. The summed E-state index contributed by atoms with van der Waals surface area (Å²) in [6.45, 7) is 9.62. The number of hydrogen-bond donors (Lipinski definition) is 0. The third-order valence-corrected chi connectivity index (χ3v) is 4.69. The molecule has 1 aliphatic carbocycles. The van der Waals surface area contributed by atoms with E-state index in [2.05, 4.69) is 11.0 Å². The quantitative estimate of drug-likeness (QED) is 0.792. The van der Waals surface area contributed by atoms with Crippen LogP contribution < -0.4 is 0 Å². The minimum atomic E-state index is -1.24. The minimum Gasteiger partial charge on any atom is -0.469 e. The van der Waals surface area contributed by atoms with Crippen molar-refractivity contribution < 1.29 is 8.63 Å². The Balaban J connectivity index is 2.41. The van der Waals surface area contributed by atoms with Crippen LogP contribution in [0.5, 0.6) is 0 Å². The van der Waals surface area contributed by atoms with E-state index in [-0.39, 0.29) is 4.75 Å². The molecule has 0 amide bonds. The second kappa shape index (κ2) is 5.45. The first-order valence-electron chi connectivity index (χ1n) is 6.61. The molecule has 2 rings (SSSR count). The van der Waals surface area contributed by atoms with Crippen LogP contribution >= 0.6 is 0 Å². The molecule has 1 aromatic rings. The molecule has 0 saturated carbocycles. The van der Waals surface area contributed by atoms with Crippen LogP contribution in [0.4, 0.5) is 0 Å². The third kappa shape index (κ3) is 3.06. The maximum Gasteiger partial charge on any atom is 0.145 e. The van der Waals surface area contributed by atoms with E-state index < -0.39 is 11.0 Å². The van der Waals surface area contributed by atoms with Crippen LogP contribution in [0.25, 0.3) is 0 Å². The summed E-state index contributed by atoms with van der Waals surface area (Å²) in [7, 11) is -1.24. The predicted octanol–water partition coefficient (Wildman–Crippen LogP) is 3.67. The van der Waals surface area contributed by atoms with Gasteiger partial charge in [0.15, 0.2) is 0 Å². The molecule has 0 bridgehead atoms. The molecule has 0 saturated heterocycles. The maximum atomic E-state index is 12.3. The summed E-state index contributed by atoms with van der Waals surface area (Å²) < 4.78 is 21.9. The summed E-state index contributed by atoms with van der Waals surface area (Å²) >= 11 is 0. The summed E-state index contributed by atoms with van der Waals surface area (Å²) in [5.41, 5.74) is 1.94. The molecule has 1 unspecified atom stereocenters. The second-order valence-corrected chi connectivity index (χ2v) is 7.76. The number of fused-ring (bicyclic) bond motifs is 1. The Kier molecular flexibility index (Phi) is 4.09. The van der Waals surface area contributed by atoms with Crippen molar-refractivity contribution in [2.24, 2.45) is 10.3 Å². The average Bonchev–Trinajstić information content (AvgIpc) is 2.79. The minimum absolute atomic E-state index is 0.300. The van der Waals surface area contributed by atoms with E-state index in [9.17, 15) is 4.21 Å². The Morgan fingerprint density at radius 3 is 2.95 bits per heavy atom. The van der Waals surface area contributed by atoms with Crippen LogP contribution in [0.3, 0.4) is 0 Å². The van der Waals surface area contributed by atoms with Crippen molar-refractivity contribution >= 4 is 16.7 Å². The summed E-state index contributed by atoms with van der Waals surface area (Å²) in [4.78, 5) is 0. The summed E-state index contributed by atoms with van der Waals surface area (Å²) in [5, 5.41) is 0. The smallest absolute Gasteiger partial charge is 0.145 e. The molecule has 0 aliphatic heterocycles. The van der Waals surface area contributed by atoms with E-state index in [0.717, 1.165) is 36.3 Å². The highest BCUT2D eigenvalue weighted by Crippen LogP contribution is 2.30. The van der Waals surface area contributed by atoms with Gasteiger partial charge in [-0.25, -0.2) is 4.21 Å². The van der Waals surface area contributed by atoms with Crippen LogP contribution in [0.2, 0.25) is 0 Å². The van der Waals surface area contributed by atoms with Crippen molar-refractivity contribution in [3.05, 3.63) is 36.3 Å². The molecule has 19 heavy (non-hydrogen) atoms. The first-order valence-corrected chi connectivity index (χ1v) is 7.72. The van der Waals surface area contributed by atoms with E-state index in [1.807, 2.05) is 32.9 Å². The monoisotopic (exact) mass is 279 g/mol. The number of allylic oxidation sites excluding steroid dienone is 1. The molecule has 0 aromatic carbocycles. The zero-order chi connectivity index (χ0) is 14.0. The first-order chi connectivity index (χ1) is 8.93. The van der Waals surface area contributed by atoms with Gasteiger partial charge in [-0.15, -0.1) is 6.58 Å². The maximum absolute atomic E-state index is 12.3. The fourth-order valence-corrected chi connectivity index (χ4v) is 2.90. The number of furan rings is 1. The van der Waals surface area contributed by atoms with Crippen LogP contribution in [0.1, 0.15) is 44.9 Å². The van der Waals surface area contributed by atoms with E-state index in [0.29, 0.717) is 5.92 Å². The average molecular weight is 279 g/mol. The molecule has 1 aromatic heterocycles. The molecule has 4 heteroatoms. The fraction of sp³-hybridized carbons (Fsp3) is 0.533. The van der Waals surface area contributed by atoms with Gasteiger partial charge in [-0.3, -0.25) is 0 Å². The van der Waals surface area contributed by atoms with Gasteiger partial charge in [0, 0.05) is 17.9 Å². The third-order valence-electron chi connectivity index (χ3n) is 3.28. The Bertz CT molecular complexity index is 522. The highest BCUT2D eigenvalue weighted by molar-refractivity contribution is 7.85. The van der Waals surface area contributed by atoms with E-state index in [1.165, 1.54) is 0 Å². The van der Waals surface area contributed by atoms with Crippen molar-refractivity contribution in [1.82, 2.24) is 0 Å². The highest BCUT2D eigenvalue weighted by Gasteiger charge is 2.29. The van der Waals surface area contributed by atoms with Gasteiger partial charge in [-0.1, -0.05) is 6.08 Å². The highest BCUT2D eigenvalue weighted by atomic mass is 32.2. The molecule has 3 nitrogen and oxygen atoms in total. The van der Waals surface area contributed by atoms with Crippen molar-refractivity contribution in [2.75, 3.05) is 0 Å². The normalized spacial score (nSPS) is 23.1. The van der Waals surface area contributed by atoms with Crippen LogP contribution in [-0.2, 0) is 17.4 Å². The standard InChI is InChI=1S/C15H21NO2S/c1-5-6-11-7-8-13-12(9-10-18-13)14(11)16-19(17)15(2,3)4/h5,9-11H,1,6-8H2,2-4H3/b16-14+/t11-,19?/m1/s1. The van der Waals surface area contributed by atoms with Crippen LogP contribution in [-0.4, -0.2) is 14.7 Å². The first kappa shape index (κ1) is 14.3. The molecule has 0 fully saturated rings. The number of aryl methyl sites for hydroxylation is 1. The van der Waals surface area contributed by atoms with Gasteiger partial charge >= 0.3 is 0 Å². The van der Waals surface area contributed by atoms with Crippen molar-refractivity contribution in [3.8, 4) is 0 Å². The lowest BCUT2D eigenvalue weighted by molar-refractivity contribution is 0.475. The zero-order valence-electron chi connectivity index (χ0n) is 11.8. The molecule has 0 spiro atoms. The lowest BCUT2D eigenvalue weighted by Crippen LogP contribution is -2.26. The molecule has 1 heterocycles. The molecule has 0 N–H and O–H groups in total. The molecule has 104 valence electrons. The molecular formula is C15H21NO2S. The lowest BCUT2D eigenvalue weighted by Gasteiger charge is -2.24. The summed E-state index contributed by atoms with van der Waals surface area (Å²) in [6, 6.07) is 1.93. The topological polar surface area (TPSA) is 42.6 Å². The number of rotatable bonds is 3. The largest absolute Gasteiger partial charge is 0.469 e. The number of hydrogen-bond acceptors (Lipinski definition) is 2. The van der Waals surface area contributed by atoms with Crippen molar-refractivity contribution in [3.63, 3.8) is 0 Å². The Hall–Kier alpha value is -1.16. The van der Waals surface area contributed by atoms with Gasteiger partial charge in [0.05, 0.1) is 16.7 Å². The van der Waals surface area contributed by atoms with Crippen LogP contribution in [0, 0.1) is 5.92 Å². The Morgan fingerprint density at radius 2 is 2.32 bits per heavy atom. The lowest BCUT2D eigenvalue weighted by atomic mass is 9.84. The number of nitrogens with zero attached hydrogens (tertiary/aromatic N) is 1. The summed E-state index contributed by atoms with van der Waals surface area (Å²) in [5.74, 6) is 1.26. The predicted molar refractivity (Wildman–Crippen MR) is 79.8 cm³/mol. The van der Waals surface area contributed by atoms with Crippen LogP contribution in [0.15, 0.2) is 33.8 Å². The molecule has 0 radical (unpaired) electrons. The molecule has 1 aliphatic rings. The van der Waals surface area contributed by atoms with E-state index >= 15 is 0 Å². The fourth-order valence-electron chi connectivity index (χ4n) is 2.21. The zero-order valence-corrected chi connectivity index (χ0v) is 12.6.